The Kier molecular flexibility index (Phi) is 9.30. The Morgan fingerprint density at radius 1 is 0.919 bits per heavy atom. The minimum absolute atomic E-state index is 0.173. The highest BCUT2D eigenvalue weighted by molar-refractivity contribution is 7.92. The van der Waals surface area contributed by atoms with Crippen molar-refractivity contribution in [3.63, 3.8) is 0 Å². The molecule has 196 valence electrons. The average Bonchev–Trinajstić information content (AvgIpc) is 2.88. The Hall–Kier alpha value is -3.85. The van der Waals surface area contributed by atoms with Crippen LogP contribution in [0.5, 0.6) is 11.5 Å². The number of ether oxygens (including phenoxy) is 1. The number of aryl methyl sites for hydroxylation is 1. The number of likely N-dealkylation sites (N-methyl/N-ethyl adjacent to an activating group) is 1. The van der Waals surface area contributed by atoms with E-state index in [0.29, 0.717) is 23.6 Å². The first kappa shape index (κ1) is 27.7. The van der Waals surface area contributed by atoms with Crippen molar-refractivity contribution in [2.45, 2.75) is 32.9 Å². The monoisotopic (exact) mass is 523 g/mol. The third-order valence-corrected chi connectivity index (χ3v) is 7.03. The first-order valence-corrected chi connectivity index (χ1v) is 13.8. The van der Waals surface area contributed by atoms with E-state index < -0.39 is 28.5 Å². The van der Waals surface area contributed by atoms with Crippen molar-refractivity contribution in [2.75, 3.05) is 24.2 Å². The molecule has 37 heavy (non-hydrogen) atoms. The number of anilines is 1. The predicted octanol–water partition coefficient (Wildman–Crippen LogP) is 4.11. The molecule has 0 aliphatic heterocycles. The third kappa shape index (κ3) is 7.57. The zero-order valence-corrected chi connectivity index (χ0v) is 22.4. The highest BCUT2D eigenvalue weighted by atomic mass is 32.2. The number of carbonyl (C=O) groups excluding carboxylic acids is 2. The molecule has 8 nitrogen and oxygen atoms in total. The molecule has 0 fully saturated rings. The van der Waals surface area contributed by atoms with Crippen LogP contribution in [-0.2, 0) is 26.2 Å². The van der Waals surface area contributed by atoms with Gasteiger partial charge in [0.2, 0.25) is 21.8 Å². The van der Waals surface area contributed by atoms with Crippen LogP contribution in [0.15, 0.2) is 78.9 Å². The summed E-state index contributed by atoms with van der Waals surface area (Å²) in [6, 6.07) is 22.6. The second-order valence-corrected chi connectivity index (χ2v) is 10.6. The average molecular weight is 524 g/mol. The Labute approximate surface area is 218 Å². The molecule has 1 N–H and O–H groups in total. The number of carbonyl (C=O) groups is 2. The van der Waals surface area contributed by atoms with Crippen LogP contribution in [0.2, 0.25) is 0 Å². The molecule has 0 unspecified atom stereocenters. The van der Waals surface area contributed by atoms with Gasteiger partial charge in [-0.2, -0.15) is 0 Å². The van der Waals surface area contributed by atoms with Gasteiger partial charge in [0, 0.05) is 13.6 Å². The molecule has 0 saturated heterocycles. The first-order valence-electron chi connectivity index (χ1n) is 12.0. The lowest BCUT2D eigenvalue weighted by Gasteiger charge is -2.32. The standard InChI is InChI=1S/C28H33N3O5S/c1-5-26(28(33)29-3)30(19-22-13-11-21(2)12-14-22)27(32)20-31(37(4,34)35)23-15-17-25(18-16-23)36-24-9-7-6-8-10-24/h6-18,26H,5,19-20H2,1-4H3,(H,29,33)/t26-/m1/s1. The summed E-state index contributed by atoms with van der Waals surface area (Å²) in [4.78, 5) is 27.7. The molecule has 1 atom stereocenters. The number of benzene rings is 3. The fraction of sp³-hybridized carbons (Fsp3) is 0.286. The van der Waals surface area contributed by atoms with Gasteiger partial charge in [0.1, 0.15) is 24.1 Å². The highest BCUT2D eigenvalue weighted by Gasteiger charge is 2.31. The van der Waals surface area contributed by atoms with E-state index in [2.05, 4.69) is 5.32 Å². The van der Waals surface area contributed by atoms with Gasteiger partial charge in [0.05, 0.1) is 11.9 Å². The van der Waals surface area contributed by atoms with Gasteiger partial charge in [-0.3, -0.25) is 13.9 Å². The zero-order chi connectivity index (χ0) is 27.0. The number of nitrogens with zero attached hydrogens (tertiary/aromatic N) is 2. The largest absolute Gasteiger partial charge is 0.457 e. The number of amides is 2. The Bertz CT molecular complexity index is 1290. The summed E-state index contributed by atoms with van der Waals surface area (Å²) in [5.74, 6) is 0.390. The molecule has 3 aromatic carbocycles. The van der Waals surface area contributed by atoms with E-state index in [1.54, 1.807) is 24.3 Å². The first-order chi connectivity index (χ1) is 17.6. The summed E-state index contributed by atoms with van der Waals surface area (Å²) in [6.07, 6.45) is 1.43. The zero-order valence-electron chi connectivity index (χ0n) is 21.5. The maximum Gasteiger partial charge on any atom is 0.244 e. The normalized spacial score (nSPS) is 11.9. The van der Waals surface area contributed by atoms with Gasteiger partial charge in [-0.1, -0.05) is 55.0 Å². The number of nitrogens with one attached hydrogen (secondary N) is 1. The van der Waals surface area contributed by atoms with Crippen LogP contribution in [0.3, 0.4) is 0 Å². The molecule has 2 amide bonds. The van der Waals surface area contributed by atoms with Gasteiger partial charge in [0.15, 0.2) is 0 Å². The number of sulfonamides is 1. The highest BCUT2D eigenvalue weighted by Crippen LogP contribution is 2.26. The van der Waals surface area contributed by atoms with E-state index >= 15 is 0 Å². The molecule has 0 radical (unpaired) electrons. The molecule has 3 rings (SSSR count). The van der Waals surface area contributed by atoms with Crippen LogP contribution in [0.25, 0.3) is 0 Å². The summed E-state index contributed by atoms with van der Waals surface area (Å²) in [5.41, 5.74) is 2.23. The molecule has 0 spiro atoms. The molecule has 0 aliphatic carbocycles. The lowest BCUT2D eigenvalue weighted by molar-refractivity contribution is -0.140. The fourth-order valence-corrected chi connectivity index (χ4v) is 4.74. The predicted molar refractivity (Wildman–Crippen MR) is 145 cm³/mol. The maximum absolute atomic E-state index is 13.6. The van der Waals surface area contributed by atoms with Gasteiger partial charge in [-0.15, -0.1) is 0 Å². The lowest BCUT2D eigenvalue weighted by Crippen LogP contribution is -2.51. The van der Waals surface area contributed by atoms with E-state index in [1.165, 1.54) is 11.9 Å². The summed E-state index contributed by atoms with van der Waals surface area (Å²) < 4.78 is 32.3. The molecule has 0 aliphatic rings. The van der Waals surface area contributed by atoms with Crippen molar-refractivity contribution in [1.82, 2.24) is 10.2 Å². The van der Waals surface area contributed by atoms with Gasteiger partial charge in [-0.25, -0.2) is 8.42 Å². The molecular weight excluding hydrogens is 490 g/mol. The summed E-state index contributed by atoms with van der Waals surface area (Å²) >= 11 is 0. The van der Waals surface area contributed by atoms with E-state index in [1.807, 2.05) is 68.4 Å². The summed E-state index contributed by atoms with van der Waals surface area (Å²) in [7, 11) is -2.30. The third-order valence-electron chi connectivity index (χ3n) is 5.89. The van der Waals surface area contributed by atoms with Crippen LogP contribution in [-0.4, -0.2) is 51.0 Å². The second-order valence-electron chi connectivity index (χ2n) is 8.72. The van der Waals surface area contributed by atoms with E-state index in [9.17, 15) is 18.0 Å². The van der Waals surface area contributed by atoms with Gasteiger partial charge in [-0.05, 0) is 55.3 Å². The Morgan fingerprint density at radius 3 is 2.05 bits per heavy atom. The topological polar surface area (TPSA) is 96.0 Å². The Balaban J connectivity index is 1.87. The smallest absolute Gasteiger partial charge is 0.244 e. The quantitative estimate of drug-likeness (QED) is 0.408. The van der Waals surface area contributed by atoms with Crippen molar-refractivity contribution in [1.29, 1.82) is 0 Å². The summed E-state index contributed by atoms with van der Waals surface area (Å²) in [5, 5.41) is 2.61. The number of hydrogen-bond donors (Lipinski definition) is 1. The van der Waals surface area contributed by atoms with Crippen molar-refractivity contribution < 1.29 is 22.7 Å². The molecule has 0 bridgehead atoms. The Morgan fingerprint density at radius 2 is 1.51 bits per heavy atom. The maximum atomic E-state index is 13.6. The van der Waals surface area contributed by atoms with Crippen molar-refractivity contribution in [3.8, 4) is 11.5 Å². The van der Waals surface area contributed by atoms with Crippen molar-refractivity contribution in [2.24, 2.45) is 0 Å². The number of hydrogen-bond acceptors (Lipinski definition) is 5. The fourth-order valence-electron chi connectivity index (χ4n) is 3.90. The minimum Gasteiger partial charge on any atom is -0.457 e. The van der Waals surface area contributed by atoms with E-state index in [4.69, 9.17) is 4.74 Å². The molecular formula is C28H33N3O5S. The van der Waals surface area contributed by atoms with E-state index in [-0.39, 0.29) is 12.5 Å². The molecule has 0 saturated carbocycles. The van der Waals surface area contributed by atoms with Crippen LogP contribution < -0.4 is 14.4 Å². The SMILES string of the molecule is CC[C@H](C(=O)NC)N(Cc1ccc(C)cc1)C(=O)CN(c1ccc(Oc2ccccc2)cc1)S(C)(=O)=O. The van der Waals surface area contributed by atoms with Crippen molar-refractivity contribution >= 4 is 27.5 Å². The molecule has 0 heterocycles. The minimum atomic E-state index is -3.81. The van der Waals surface area contributed by atoms with Crippen LogP contribution in [0.4, 0.5) is 5.69 Å². The van der Waals surface area contributed by atoms with Crippen LogP contribution in [0, 0.1) is 6.92 Å². The van der Waals surface area contributed by atoms with Crippen molar-refractivity contribution in [3.05, 3.63) is 90.0 Å². The molecule has 3 aromatic rings. The van der Waals surface area contributed by atoms with E-state index in [0.717, 1.165) is 21.7 Å². The van der Waals surface area contributed by atoms with Crippen LogP contribution in [0.1, 0.15) is 24.5 Å². The lowest BCUT2D eigenvalue weighted by atomic mass is 10.1. The molecule has 0 aromatic heterocycles. The number of para-hydroxylation sites is 1. The summed E-state index contributed by atoms with van der Waals surface area (Å²) in [6.45, 7) is 3.50. The molecule has 9 heteroatoms. The van der Waals surface area contributed by atoms with Gasteiger partial charge < -0.3 is 15.0 Å². The van der Waals surface area contributed by atoms with Gasteiger partial charge >= 0.3 is 0 Å². The number of rotatable bonds is 11. The van der Waals surface area contributed by atoms with Crippen LogP contribution >= 0.6 is 0 Å². The second kappa shape index (κ2) is 12.4. The van der Waals surface area contributed by atoms with Gasteiger partial charge in [0.25, 0.3) is 0 Å².